The summed E-state index contributed by atoms with van der Waals surface area (Å²) < 4.78 is 1.42. The van der Waals surface area contributed by atoms with E-state index in [1.807, 2.05) is 18.2 Å². The van der Waals surface area contributed by atoms with Gasteiger partial charge in [0.05, 0.1) is 11.7 Å². The summed E-state index contributed by atoms with van der Waals surface area (Å²) in [5.41, 5.74) is 1.47. The van der Waals surface area contributed by atoms with Gasteiger partial charge in [-0.05, 0) is 36.2 Å². The molecule has 3 aromatic rings. The zero-order valence-electron chi connectivity index (χ0n) is 14.5. The van der Waals surface area contributed by atoms with Gasteiger partial charge in [-0.1, -0.05) is 48.0 Å². The number of pyridine rings is 1. The fraction of sp³-hybridized carbons (Fsp3) is 0.143. The number of aromatic nitrogens is 1. The lowest BCUT2D eigenvalue weighted by Crippen LogP contribution is -2.27. The second-order valence-corrected chi connectivity index (χ2v) is 6.45. The lowest BCUT2D eigenvalue weighted by molar-refractivity contribution is 0.0942. The maximum absolute atomic E-state index is 12.4. The lowest BCUT2D eigenvalue weighted by atomic mass is 10.1. The fourth-order valence-corrected chi connectivity index (χ4v) is 3.00. The molecule has 2 N–H and O–H groups in total. The number of nitrogens with one attached hydrogen (secondary N) is 1. The Bertz CT molecular complexity index is 986. The first-order chi connectivity index (χ1) is 13.1. The van der Waals surface area contributed by atoms with E-state index in [0.717, 1.165) is 0 Å². The van der Waals surface area contributed by atoms with Crippen LogP contribution in [-0.4, -0.2) is 22.1 Å². The Morgan fingerprint density at radius 2 is 1.74 bits per heavy atom. The van der Waals surface area contributed by atoms with Crippen LogP contribution in [0.4, 0.5) is 0 Å². The van der Waals surface area contributed by atoms with Gasteiger partial charge >= 0.3 is 0 Å². The van der Waals surface area contributed by atoms with Gasteiger partial charge in [0.1, 0.15) is 0 Å². The molecular weight excluding hydrogens is 364 g/mol. The van der Waals surface area contributed by atoms with Crippen LogP contribution in [0, 0.1) is 0 Å². The Hall–Kier alpha value is -2.89. The van der Waals surface area contributed by atoms with Gasteiger partial charge in [0, 0.05) is 29.5 Å². The summed E-state index contributed by atoms with van der Waals surface area (Å²) in [6.45, 7) is 0.273. The summed E-state index contributed by atoms with van der Waals surface area (Å²) in [4.78, 5) is 24.5. The first kappa shape index (κ1) is 18.9. The smallest absolute Gasteiger partial charge is 0.255 e. The van der Waals surface area contributed by atoms with Gasteiger partial charge in [-0.15, -0.1) is 0 Å². The van der Waals surface area contributed by atoms with Crippen molar-refractivity contribution in [3.8, 4) is 5.69 Å². The molecule has 1 atom stereocenters. The normalized spacial score (nSPS) is 11.8. The standard InChI is InChI=1S/C21H19ClN2O3/c22-18-9-5-4-8-17(18)19(25)12-13-23-21(27)15-10-11-20(26)24(14-15)16-6-2-1-3-7-16/h1-11,14,19,25H,12-13H2,(H,23,27). The van der Waals surface area contributed by atoms with Gasteiger partial charge in [0.25, 0.3) is 11.5 Å². The van der Waals surface area contributed by atoms with Gasteiger partial charge in [0.2, 0.25) is 0 Å². The molecule has 6 heteroatoms. The van der Waals surface area contributed by atoms with Crippen molar-refractivity contribution in [2.75, 3.05) is 6.54 Å². The van der Waals surface area contributed by atoms with Crippen LogP contribution >= 0.6 is 11.6 Å². The highest BCUT2D eigenvalue weighted by molar-refractivity contribution is 6.31. The number of amides is 1. The Balaban J connectivity index is 1.65. The van der Waals surface area contributed by atoms with Crippen molar-refractivity contribution in [2.45, 2.75) is 12.5 Å². The second-order valence-electron chi connectivity index (χ2n) is 6.04. The molecule has 1 unspecified atom stereocenters. The molecule has 0 saturated heterocycles. The van der Waals surface area contributed by atoms with Crippen molar-refractivity contribution in [3.05, 3.63) is 99.4 Å². The van der Waals surface area contributed by atoms with E-state index in [9.17, 15) is 14.7 Å². The average Bonchev–Trinajstić information content (AvgIpc) is 2.69. The van der Waals surface area contributed by atoms with E-state index in [-0.39, 0.29) is 18.0 Å². The highest BCUT2D eigenvalue weighted by atomic mass is 35.5. The van der Waals surface area contributed by atoms with Crippen LogP contribution in [-0.2, 0) is 0 Å². The lowest BCUT2D eigenvalue weighted by Gasteiger charge is -2.13. The van der Waals surface area contributed by atoms with Gasteiger partial charge in [-0.3, -0.25) is 14.2 Å². The van der Waals surface area contributed by atoms with Crippen molar-refractivity contribution in [2.24, 2.45) is 0 Å². The molecule has 3 rings (SSSR count). The number of aliphatic hydroxyl groups excluding tert-OH is 1. The van der Waals surface area contributed by atoms with E-state index in [1.54, 1.807) is 36.4 Å². The van der Waals surface area contributed by atoms with Gasteiger partial charge in [0.15, 0.2) is 0 Å². The maximum Gasteiger partial charge on any atom is 0.255 e. The first-order valence-electron chi connectivity index (χ1n) is 8.55. The number of rotatable bonds is 6. The van der Waals surface area contributed by atoms with Crippen molar-refractivity contribution in [1.82, 2.24) is 9.88 Å². The number of benzene rings is 2. The number of carbonyl (C=O) groups excluding carboxylic acids is 1. The SMILES string of the molecule is O=C(NCCC(O)c1ccccc1Cl)c1ccc(=O)n(-c2ccccc2)c1. The number of aliphatic hydroxyl groups is 1. The summed E-state index contributed by atoms with van der Waals surface area (Å²) in [5.74, 6) is -0.314. The van der Waals surface area contributed by atoms with Gasteiger partial charge in [-0.2, -0.15) is 0 Å². The van der Waals surface area contributed by atoms with Crippen LogP contribution in [0.25, 0.3) is 5.69 Å². The number of hydrogen-bond acceptors (Lipinski definition) is 3. The molecule has 27 heavy (non-hydrogen) atoms. The minimum absolute atomic E-state index is 0.216. The molecule has 0 bridgehead atoms. The summed E-state index contributed by atoms with van der Waals surface area (Å²) in [5, 5.41) is 13.5. The topological polar surface area (TPSA) is 71.3 Å². The Kier molecular flexibility index (Phi) is 6.06. The van der Waals surface area contributed by atoms with Gasteiger partial charge in [-0.25, -0.2) is 0 Å². The predicted octanol–water partition coefficient (Wildman–Crippen LogP) is 3.34. The van der Waals surface area contributed by atoms with E-state index in [4.69, 9.17) is 11.6 Å². The molecule has 0 saturated carbocycles. The number of hydrogen-bond donors (Lipinski definition) is 2. The van der Waals surface area contributed by atoms with Crippen molar-refractivity contribution >= 4 is 17.5 Å². The molecular formula is C21H19ClN2O3. The molecule has 0 fully saturated rings. The Labute approximate surface area is 161 Å². The molecule has 0 aliphatic heterocycles. The molecule has 138 valence electrons. The van der Waals surface area contributed by atoms with E-state index >= 15 is 0 Å². The molecule has 0 aliphatic carbocycles. The fourth-order valence-electron chi connectivity index (χ4n) is 2.74. The molecule has 1 amide bonds. The third-order valence-electron chi connectivity index (χ3n) is 4.18. The van der Waals surface area contributed by atoms with Crippen molar-refractivity contribution in [3.63, 3.8) is 0 Å². The highest BCUT2D eigenvalue weighted by Gasteiger charge is 2.13. The molecule has 5 nitrogen and oxygen atoms in total. The van der Waals surface area contributed by atoms with Crippen LogP contribution in [0.3, 0.4) is 0 Å². The third kappa shape index (κ3) is 4.64. The Morgan fingerprint density at radius 3 is 2.48 bits per heavy atom. The van der Waals surface area contributed by atoms with Gasteiger partial charge < -0.3 is 10.4 Å². The first-order valence-corrected chi connectivity index (χ1v) is 8.93. The van der Waals surface area contributed by atoms with E-state index in [0.29, 0.717) is 28.3 Å². The molecule has 0 aliphatic rings. The monoisotopic (exact) mass is 382 g/mol. The molecule has 0 radical (unpaired) electrons. The van der Waals surface area contributed by atoms with Crippen molar-refractivity contribution in [1.29, 1.82) is 0 Å². The number of carbonyl (C=O) groups is 1. The number of para-hydroxylation sites is 1. The van der Waals surface area contributed by atoms with Crippen LogP contribution < -0.4 is 10.9 Å². The highest BCUT2D eigenvalue weighted by Crippen LogP contribution is 2.24. The van der Waals surface area contributed by atoms with E-state index in [2.05, 4.69) is 5.32 Å². The zero-order valence-corrected chi connectivity index (χ0v) is 15.3. The van der Waals surface area contributed by atoms with Crippen LogP contribution in [0.15, 0.2) is 77.7 Å². The largest absolute Gasteiger partial charge is 0.388 e. The minimum Gasteiger partial charge on any atom is -0.388 e. The maximum atomic E-state index is 12.4. The summed E-state index contributed by atoms with van der Waals surface area (Å²) >= 11 is 6.07. The van der Waals surface area contributed by atoms with Crippen LogP contribution in [0.2, 0.25) is 5.02 Å². The van der Waals surface area contributed by atoms with Crippen molar-refractivity contribution < 1.29 is 9.90 Å². The zero-order chi connectivity index (χ0) is 19.2. The second kappa shape index (κ2) is 8.66. The number of halogens is 1. The molecule has 0 spiro atoms. The summed E-state index contributed by atoms with van der Waals surface area (Å²) in [6, 6.07) is 19.0. The predicted molar refractivity (Wildman–Crippen MR) is 105 cm³/mol. The number of nitrogens with zero attached hydrogens (tertiary/aromatic N) is 1. The van der Waals surface area contributed by atoms with E-state index < -0.39 is 6.10 Å². The quantitative estimate of drug-likeness (QED) is 0.686. The Morgan fingerprint density at radius 1 is 1.04 bits per heavy atom. The summed E-state index contributed by atoms with van der Waals surface area (Å²) in [6.07, 6.45) is 1.07. The van der Waals surface area contributed by atoms with Crippen LogP contribution in [0.5, 0.6) is 0 Å². The molecule has 2 aromatic carbocycles. The third-order valence-corrected chi connectivity index (χ3v) is 4.52. The van der Waals surface area contributed by atoms with Crippen LogP contribution in [0.1, 0.15) is 28.4 Å². The average molecular weight is 383 g/mol. The molecule has 1 aromatic heterocycles. The minimum atomic E-state index is -0.766. The summed E-state index contributed by atoms with van der Waals surface area (Å²) in [7, 11) is 0. The van der Waals surface area contributed by atoms with E-state index in [1.165, 1.54) is 22.9 Å². The molecule has 1 heterocycles.